The molecule has 7 heavy (non-hydrogen) atoms. The fraction of sp³-hybridized carbons (Fsp3) is 0.750. The topological polar surface area (TPSA) is 61.1 Å². The van der Waals surface area contributed by atoms with E-state index in [-0.39, 0.29) is 6.42 Å². The van der Waals surface area contributed by atoms with Gasteiger partial charge in [-0.3, -0.25) is 10.5 Å². The number of nitrogens with one attached hydrogen (secondary N) is 1. The van der Waals surface area contributed by atoms with Crippen LogP contribution in [-0.4, -0.2) is 17.1 Å². The summed E-state index contributed by atoms with van der Waals surface area (Å²) in [4.78, 5) is 9.69. The van der Waals surface area contributed by atoms with Gasteiger partial charge >= 0.3 is 5.97 Å². The minimum Gasteiger partial charge on any atom is -0.481 e. The molecule has 0 aromatic rings. The quantitative estimate of drug-likeness (QED) is 0.538. The first-order valence-electron chi connectivity index (χ1n) is 2.06. The Morgan fingerprint density at radius 1 is 2.00 bits per heavy atom. The average Bonchev–Trinajstić information content (AvgIpc) is 1.27. The van der Waals surface area contributed by atoms with Crippen molar-refractivity contribution in [3.63, 3.8) is 0 Å². The Morgan fingerprint density at radius 2 is 2.43 bits per heavy atom. The molecule has 0 saturated heterocycles. The lowest BCUT2D eigenvalue weighted by atomic mass is 10.3. The number of carboxylic acids is 1. The first-order chi connectivity index (χ1) is 3.13. The van der Waals surface area contributed by atoms with E-state index in [1.807, 2.05) is 0 Å². The average molecular weight is 102 g/mol. The smallest absolute Gasteiger partial charge is 0.304 e. The summed E-state index contributed by atoms with van der Waals surface area (Å²) >= 11 is 0. The minimum atomic E-state index is -0.900. The molecule has 0 saturated carbocycles. The van der Waals surface area contributed by atoms with Gasteiger partial charge in [-0.05, 0) is 6.92 Å². The van der Waals surface area contributed by atoms with E-state index in [4.69, 9.17) is 10.8 Å². The third-order valence-electron chi connectivity index (χ3n) is 0.481. The second-order valence-electron chi connectivity index (χ2n) is 1.50. The van der Waals surface area contributed by atoms with E-state index in [2.05, 4.69) is 0 Å². The van der Waals surface area contributed by atoms with Crippen LogP contribution in [-0.2, 0) is 4.79 Å². The molecule has 0 fully saturated rings. The van der Waals surface area contributed by atoms with Gasteiger partial charge in [0.2, 0.25) is 0 Å². The van der Waals surface area contributed by atoms with Crippen molar-refractivity contribution in [1.82, 2.24) is 5.73 Å². The van der Waals surface area contributed by atoms with Crippen LogP contribution in [0.25, 0.3) is 0 Å². The Bertz CT molecular complexity index is 70.1. The van der Waals surface area contributed by atoms with Crippen LogP contribution in [0.2, 0.25) is 0 Å². The highest BCUT2D eigenvalue weighted by molar-refractivity contribution is 5.67. The van der Waals surface area contributed by atoms with Crippen LogP contribution < -0.4 is 5.73 Å². The molecule has 0 amide bonds. The fourth-order valence-electron chi connectivity index (χ4n) is 0.262. The van der Waals surface area contributed by atoms with Gasteiger partial charge in [0.05, 0.1) is 6.42 Å². The van der Waals surface area contributed by atoms with Crippen molar-refractivity contribution in [2.24, 2.45) is 0 Å². The second kappa shape index (κ2) is 2.58. The fourth-order valence-corrected chi connectivity index (χ4v) is 0.262. The van der Waals surface area contributed by atoms with Gasteiger partial charge in [0, 0.05) is 6.04 Å². The Kier molecular flexibility index (Phi) is 2.37. The molecule has 0 rings (SSSR count). The number of carbonyl (C=O) groups is 1. The van der Waals surface area contributed by atoms with Gasteiger partial charge in [0.1, 0.15) is 0 Å². The molecule has 0 spiro atoms. The van der Waals surface area contributed by atoms with E-state index >= 15 is 0 Å². The van der Waals surface area contributed by atoms with Crippen LogP contribution in [0.5, 0.6) is 0 Å². The molecule has 2 N–H and O–H groups in total. The molecule has 0 aromatic carbocycles. The van der Waals surface area contributed by atoms with E-state index < -0.39 is 12.0 Å². The molecule has 0 aliphatic heterocycles. The molecule has 0 heterocycles. The number of hydrogen-bond donors (Lipinski definition) is 1. The lowest BCUT2D eigenvalue weighted by Gasteiger charge is -1.93. The van der Waals surface area contributed by atoms with Crippen LogP contribution in [0.4, 0.5) is 0 Å². The Balaban J connectivity index is 3.13. The third kappa shape index (κ3) is 5.43. The lowest BCUT2D eigenvalue weighted by Crippen LogP contribution is -2.09. The van der Waals surface area contributed by atoms with E-state index in [0.29, 0.717) is 0 Å². The van der Waals surface area contributed by atoms with Gasteiger partial charge in [-0.15, -0.1) is 0 Å². The summed E-state index contributed by atoms with van der Waals surface area (Å²) in [6, 6.07) is -0.475. The number of rotatable bonds is 2. The number of hydrogen-bond acceptors (Lipinski definition) is 1. The zero-order valence-corrected chi connectivity index (χ0v) is 4.14. The summed E-state index contributed by atoms with van der Waals surface area (Å²) in [5.41, 5.74) is 6.73. The van der Waals surface area contributed by atoms with Gasteiger partial charge in [-0.1, -0.05) is 0 Å². The van der Waals surface area contributed by atoms with Crippen molar-refractivity contribution in [3.8, 4) is 0 Å². The molecule has 0 aliphatic carbocycles. The highest BCUT2D eigenvalue weighted by Crippen LogP contribution is 1.84. The highest BCUT2D eigenvalue weighted by atomic mass is 16.4. The van der Waals surface area contributed by atoms with Gasteiger partial charge in [-0.25, -0.2) is 0 Å². The van der Waals surface area contributed by atoms with Crippen LogP contribution >= 0.6 is 0 Å². The third-order valence-corrected chi connectivity index (χ3v) is 0.481. The largest absolute Gasteiger partial charge is 0.481 e. The van der Waals surface area contributed by atoms with E-state index in [1.54, 1.807) is 6.92 Å². The summed E-state index contributed by atoms with van der Waals surface area (Å²) in [5.74, 6) is -0.900. The molecule has 1 radical (unpaired) electrons. The van der Waals surface area contributed by atoms with Crippen molar-refractivity contribution >= 4 is 5.97 Å². The molecule has 41 valence electrons. The lowest BCUT2D eigenvalue weighted by molar-refractivity contribution is -0.137. The summed E-state index contributed by atoms with van der Waals surface area (Å²) in [7, 11) is 0. The zero-order valence-electron chi connectivity index (χ0n) is 4.14. The summed E-state index contributed by atoms with van der Waals surface area (Å²) in [6.07, 6.45) is -0.0556. The van der Waals surface area contributed by atoms with Crippen LogP contribution in [0.15, 0.2) is 0 Å². The van der Waals surface area contributed by atoms with Gasteiger partial charge in [-0.2, -0.15) is 0 Å². The SMILES string of the molecule is CC([NH])CC(=O)O. The molecular weight excluding hydrogens is 94.0 g/mol. The molecule has 3 heteroatoms. The Hall–Kier alpha value is -0.570. The van der Waals surface area contributed by atoms with Crippen molar-refractivity contribution < 1.29 is 9.90 Å². The summed E-state index contributed by atoms with van der Waals surface area (Å²) in [5, 5.41) is 7.96. The standard InChI is InChI=1S/C4H8NO2/c1-3(5)2-4(6)7/h3,5H,2H2,1H3,(H,6,7). The maximum absolute atomic E-state index is 9.69. The van der Waals surface area contributed by atoms with Crippen molar-refractivity contribution in [3.05, 3.63) is 0 Å². The molecule has 3 nitrogen and oxygen atoms in total. The van der Waals surface area contributed by atoms with E-state index in [1.165, 1.54) is 0 Å². The highest BCUT2D eigenvalue weighted by Gasteiger charge is 1.99. The predicted molar refractivity (Wildman–Crippen MR) is 24.8 cm³/mol. The first kappa shape index (κ1) is 6.43. The second-order valence-corrected chi connectivity index (χ2v) is 1.50. The molecule has 1 unspecified atom stereocenters. The Labute approximate surface area is 42.1 Å². The molecule has 0 aromatic heterocycles. The van der Waals surface area contributed by atoms with Gasteiger partial charge < -0.3 is 5.11 Å². The minimum absolute atomic E-state index is 0.0556. The maximum atomic E-state index is 9.69. The van der Waals surface area contributed by atoms with Crippen molar-refractivity contribution in [2.45, 2.75) is 19.4 Å². The van der Waals surface area contributed by atoms with Crippen molar-refractivity contribution in [1.29, 1.82) is 0 Å². The number of aliphatic carboxylic acids is 1. The monoisotopic (exact) mass is 102 g/mol. The van der Waals surface area contributed by atoms with E-state index in [9.17, 15) is 4.79 Å². The molecule has 0 aliphatic rings. The van der Waals surface area contributed by atoms with Crippen LogP contribution in [0.3, 0.4) is 0 Å². The first-order valence-corrected chi connectivity index (χ1v) is 2.06. The number of carboxylic acid groups (broad SMARTS) is 1. The normalized spacial score (nSPS) is 13.4. The molecule has 0 bridgehead atoms. The summed E-state index contributed by atoms with van der Waals surface area (Å²) < 4.78 is 0. The Morgan fingerprint density at radius 3 is 2.43 bits per heavy atom. The van der Waals surface area contributed by atoms with Crippen LogP contribution in [0, 0.1) is 0 Å². The van der Waals surface area contributed by atoms with Gasteiger partial charge in [0.25, 0.3) is 0 Å². The summed E-state index contributed by atoms with van der Waals surface area (Å²) in [6.45, 7) is 1.55. The predicted octanol–water partition coefficient (Wildman–Crippen LogP) is 0.132. The zero-order chi connectivity index (χ0) is 5.86. The molecular formula is C4H8NO2. The van der Waals surface area contributed by atoms with E-state index in [0.717, 1.165) is 0 Å². The van der Waals surface area contributed by atoms with Gasteiger partial charge in [0.15, 0.2) is 0 Å². The van der Waals surface area contributed by atoms with Crippen LogP contribution in [0.1, 0.15) is 13.3 Å². The van der Waals surface area contributed by atoms with Crippen molar-refractivity contribution in [2.75, 3.05) is 0 Å². The maximum Gasteiger partial charge on any atom is 0.304 e. The molecule has 1 atom stereocenters.